The molecule has 0 saturated carbocycles. The van der Waals surface area contributed by atoms with Gasteiger partial charge in [0.2, 0.25) is 10.0 Å². The molecule has 0 aliphatic carbocycles. The lowest BCUT2D eigenvalue weighted by Crippen LogP contribution is -2.18. The molecule has 0 heterocycles. The minimum atomic E-state index is -3.49. The fourth-order valence-corrected chi connectivity index (χ4v) is 2.13. The topological polar surface area (TPSA) is 90.6 Å². The van der Waals surface area contributed by atoms with Crippen LogP contribution in [0.5, 0.6) is 5.75 Å². The van der Waals surface area contributed by atoms with Crippen LogP contribution in [0.4, 0.5) is 5.69 Å². The van der Waals surface area contributed by atoms with E-state index in [4.69, 9.17) is 15.2 Å². The molecule has 1 aromatic rings. The summed E-state index contributed by atoms with van der Waals surface area (Å²) in [6, 6.07) is 4.34. The first-order valence-electron chi connectivity index (χ1n) is 6.05. The molecular weight excluding hydrogens is 268 g/mol. The summed E-state index contributed by atoms with van der Waals surface area (Å²) in [5.41, 5.74) is 6.13. The Morgan fingerprint density at radius 1 is 1.26 bits per heavy atom. The Morgan fingerprint density at radius 3 is 2.63 bits per heavy atom. The van der Waals surface area contributed by atoms with Crippen molar-refractivity contribution < 1.29 is 17.9 Å². The van der Waals surface area contributed by atoms with Gasteiger partial charge in [-0.3, -0.25) is 0 Å². The van der Waals surface area contributed by atoms with Crippen molar-refractivity contribution in [3.05, 3.63) is 18.2 Å². The van der Waals surface area contributed by atoms with Gasteiger partial charge in [-0.15, -0.1) is 0 Å². The van der Waals surface area contributed by atoms with E-state index in [1.807, 2.05) is 6.92 Å². The van der Waals surface area contributed by atoms with Crippen molar-refractivity contribution >= 4 is 15.7 Å². The number of nitrogen functional groups attached to an aromatic ring is 1. The van der Waals surface area contributed by atoms with E-state index in [1.165, 1.54) is 25.2 Å². The first kappa shape index (κ1) is 15.7. The molecule has 3 N–H and O–H groups in total. The van der Waals surface area contributed by atoms with Crippen LogP contribution in [0.3, 0.4) is 0 Å². The zero-order valence-corrected chi connectivity index (χ0v) is 12.0. The monoisotopic (exact) mass is 288 g/mol. The van der Waals surface area contributed by atoms with E-state index in [0.29, 0.717) is 31.3 Å². The van der Waals surface area contributed by atoms with E-state index in [9.17, 15) is 8.42 Å². The van der Waals surface area contributed by atoms with Gasteiger partial charge in [0.25, 0.3) is 0 Å². The molecule has 0 aliphatic rings. The molecule has 0 bridgehead atoms. The van der Waals surface area contributed by atoms with Gasteiger partial charge in [0.1, 0.15) is 12.4 Å². The van der Waals surface area contributed by atoms with E-state index in [2.05, 4.69) is 4.72 Å². The van der Waals surface area contributed by atoms with Crippen LogP contribution < -0.4 is 15.2 Å². The van der Waals surface area contributed by atoms with Gasteiger partial charge in [-0.2, -0.15) is 0 Å². The molecule has 0 amide bonds. The fourth-order valence-electron chi connectivity index (χ4n) is 1.38. The molecule has 0 unspecified atom stereocenters. The van der Waals surface area contributed by atoms with Gasteiger partial charge in [-0.1, -0.05) is 6.92 Å². The van der Waals surface area contributed by atoms with E-state index in [-0.39, 0.29) is 4.90 Å². The number of benzene rings is 1. The van der Waals surface area contributed by atoms with Crippen LogP contribution in [-0.2, 0) is 14.8 Å². The van der Waals surface area contributed by atoms with Gasteiger partial charge in [-0.25, -0.2) is 13.1 Å². The summed E-state index contributed by atoms with van der Waals surface area (Å²) in [6.45, 7) is 3.46. The molecule has 6 nitrogen and oxygen atoms in total. The fraction of sp³-hybridized carbons (Fsp3) is 0.500. The second-order valence-corrected chi connectivity index (χ2v) is 5.75. The largest absolute Gasteiger partial charge is 0.489 e. The smallest absolute Gasteiger partial charge is 0.240 e. The highest BCUT2D eigenvalue weighted by Crippen LogP contribution is 2.24. The van der Waals surface area contributed by atoms with E-state index in [0.717, 1.165) is 6.42 Å². The van der Waals surface area contributed by atoms with Crippen LogP contribution in [0, 0.1) is 0 Å². The van der Waals surface area contributed by atoms with Crippen LogP contribution in [0.25, 0.3) is 0 Å². The maximum Gasteiger partial charge on any atom is 0.240 e. The summed E-state index contributed by atoms with van der Waals surface area (Å²) >= 11 is 0. The molecule has 0 fully saturated rings. The summed E-state index contributed by atoms with van der Waals surface area (Å²) in [6.07, 6.45) is 0.942. The number of hydrogen-bond acceptors (Lipinski definition) is 5. The van der Waals surface area contributed by atoms with E-state index in [1.54, 1.807) is 0 Å². The molecule has 7 heteroatoms. The third-order valence-corrected chi connectivity index (χ3v) is 3.81. The zero-order valence-electron chi connectivity index (χ0n) is 11.2. The number of ether oxygens (including phenoxy) is 2. The third kappa shape index (κ3) is 4.70. The van der Waals surface area contributed by atoms with Crippen molar-refractivity contribution in [2.24, 2.45) is 0 Å². The Morgan fingerprint density at radius 2 is 2.00 bits per heavy atom. The second kappa shape index (κ2) is 7.32. The van der Waals surface area contributed by atoms with Gasteiger partial charge < -0.3 is 15.2 Å². The van der Waals surface area contributed by atoms with Crippen molar-refractivity contribution in [1.82, 2.24) is 4.72 Å². The highest BCUT2D eigenvalue weighted by Gasteiger charge is 2.13. The third-order valence-electron chi connectivity index (χ3n) is 2.40. The molecule has 0 aliphatic heterocycles. The number of rotatable bonds is 8. The number of nitrogens with two attached hydrogens (primary N) is 1. The molecular formula is C12H20N2O4S. The Balaban J connectivity index is 2.70. The molecule has 1 aromatic carbocycles. The molecule has 0 spiro atoms. The van der Waals surface area contributed by atoms with Gasteiger partial charge in [0.15, 0.2) is 0 Å². The molecule has 19 heavy (non-hydrogen) atoms. The molecule has 0 aromatic heterocycles. The van der Waals surface area contributed by atoms with Crippen LogP contribution in [-0.4, -0.2) is 35.3 Å². The predicted octanol–water partition coefficient (Wildman–Crippen LogP) is 0.982. The summed E-state index contributed by atoms with van der Waals surface area (Å²) in [7, 11) is -2.14. The highest BCUT2D eigenvalue weighted by atomic mass is 32.2. The Bertz CT molecular complexity index is 502. The number of anilines is 1. The average Bonchev–Trinajstić information content (AvgIpc) is 2.40. The Labute approximate surface area is 113 Å². The molecule has 0 atom stereocenters. The number of sulfonamides is 1. The quantitative estimate of drug-likeness (QED) is 0.550. The summed E-state index contributed by atoms with van der Waals surface area (Å²) in [5, 5.41) is 0. The van der Waals surface area contributed by atoms with E-state index < -0.39 is 10.0 Å². The summed E-state index contributed by atoms with van der Waals surface area (Å²) in [4.78, 5) is 0.119. The predicted molar refractivity (Wildman–Crippen MR) is 73.7 cm³/mol. The number of nitrogens with one attached hydrogen (secondary N) is 1. The maximum atomic E-state index is 11.6. The number of hydrogen-bond donors (Lipinski definition) is 2. The van der Waals surface area contributed by atoms with Crippen molar-refractivity contribution in [3.8, 4) is 5.75 Å². The van der Waals surface area contributed by atoms with Crippen molar-refractivity contribution in [2.75, 3.05) is 32.6 Å². The minimum absolute atomic E-state index is 0.119. The molecule has 0 radical (unpaired) electrons. The lowest BCUT2D eigenvalue weighted by Gasteiger charge is -2.11. The lowest BCUT2D eigenvalue weighted by atomic mass is 10.3. The zero-order chi connectivity index (χ0) is 14.3. The van der Waals surface area contributed by atoms with Crippen LogP contribution >= 0.6 is 0 Å². The van der Waals surface area contributed by atoms with Gasteiger partial charge in [0.05, 0.1) is 17.2 Å². The molecule has 1 rings (SSSR count). The van der Waals surface area contributed by atoms with Gasteiger partial charge in [0, 0.05) is 12.7 Å². The lowest BCUT2D eigenvalue weighted by molar-refractivity contribution is 0.101. The minimum Gasteiger partial charge on any atom is -0.489 e. The first-order chi connectivity index (χ1) is 9.01. The SMILES string of the molecule is CCCOCCOc1cc(S(=O)(=O)NC)ccc1N. The summed E-state index contributed by atoms with van der Waals surface area (Å²) in [5.74, 6) is 0.344. The second-order valence-electron chi connectivity index (χ2n) is 3.87. The van der Waals surface area contributed by atoms with Crippen molar-refractivity contribution in [1.29, 1.82) is 0 Å². The van der Waals surface area contributed by atoms with Crippen LogP contribution in [0.15, 0.2) is 23.1 Å². The maximum absolute atomic E-state index is 11.6. The molecule has 108 valence electrons. The Kier molecular flexibility index (Phi) is 6.07. The average molecular weight is 288 g/mol. The van der Waals surface area contributed by atoms with Gasteiger partial charge in [-0.05, 0) is 25.6 Å². The standard InChI is InChI=1S/C12H20N2O4S/c1-3-6-17-7-8-18-12-9-10(4-5-11(12)13)19(15,16)14-2/h4-5,9,14H,3,6-8,13H2,1-2H3. The van der Waals surface area contributed by atoms with Crippen LogP contribution in [0.1, 0.15) is 13.3 Å². The Hall–Kier alpha value is -1.31. The normalized spacial score (nSPS) is 11.5. The highest BCUT2D eigenvalue weighted by molar-refractivity contribution is 7.89. The summed E-state index contributed by atoms with van der Waals surface area (Å²) < 4.78 is 36.2. The van der Waals surface area contributed by atoms with Crippen molar-refractivity contribution in [3.63, 3.8) is 0 Å². The van der Waals surface area contributed by atoms with E-state index >= 15 is 0 Å². The first-order valence-corrected chi connectivity index (χ1v) is 7.53. The van der Waals surface area contributed by atoms with Gasteiger partial charge >= 0.3 is 0 Å². The molecule has 0 saturated heterocycles. The van der Waals surface area contributed by atoms with Crippen LogP contribution in [0.2, 0.25) is 0 Å². The van der Waals surface area contributed by atoms with Crippen molar-refractivity contribution in [2.45, 2.75) is 18.2 Å².